The molecule has 1 aromatic rings. The van der Waals surface area contributed by atoms with Gasteiger partial charge in [-0.15, -0.1) is 0 Å². The highest BCUT2D eigenvalue weighted by atomic mass is 19.2. The standard InChI is InChI=1S/C12H13F2NO2/c1-6-4-7(6)5-15-9-3-2-8(12(16)17)10(13)11(9)14/h2-3,6-7,15H,4-5H2,1H3,(H,16,17). The molecule has 2 unspecified atom stereocenters. The monoisotopic (exact) mass is 241 g/mol. The molecular formula is C12H13F2NO2. The number of nitrogens with one attached hydrogen (secondary N) is 1. The highest BCUT2D eigenvalue weighted by molar-refractivity contribution is 5.88. The number of carboxylic acid groups (broad SMARTS) is 1. The van der Waals surface area contributed by atoms with E-state index in [0.717, 1.165) is 12.5 Å². The summed E-state index contributed by atoms with van der Waals surface area (Å²) in [7, 11) is 0. The first-order valence-electron chi connectivity index (χ1n) is 5.46. The maximum atomic E-state index is 13.5. The molecule has 2 rings (SSSR count). The third-order valence-corrected chi connectivity index (χ3v) is 3.14. The molecule has 1 saturated carbocycles. The normalized spacial score (nSPS) is 22.3. The summed E-state index contributed by atoms with van der Waals surface area (Å²) in [4.78, 5) is 10.6. The Labute approximate surface area is 97.5 Å². The molecule has 1 fully saturated rings. The van der Waals surface area contributed by atoms with Crippen molar-refractivity contribution in [1.82, 2.24) is 0 Å². The van der Waals surface area contributed by atoms with Gasteiger partial charge in [-0.1, -0.05) is 6.92 Å². The predicted molar refractivity (Wildman–Crippen MR) is 59.1 cm³/mol. The van der Waals surface area contributed by atoms with Crippen molar-refractivity contribution in [2.45, 2.75) is 13.3 Å². The smallest absolute Gasteiger partial charge is 0.338 e. The summed E-state index contributed by atoms with van der Waals surface area (Å²) in [5, 5.41) is 11.4. The van der Waals surface area contributed by atoms with E-state index in [1.807, 2.05) is 0 Å². The topological polar surface area (TPSA) is 49.3 Å². The predicted octanol–water partition coefficient (Wildman–Crippen LogP) is 2.73. The summed E-state index contributed by atoms with van der Waals surface area (Å²) in [6.45, 7) is 2.68. The lowest BCUT2D eigenvalue weighted by molar-refractivity contribution is 0.0690. The number of anilines is 1. The minimum absolute atomic E-state index is 0.0200. The van der Waals surface area contributed by atoms with E-state index in [9.17, 15) is 13.6 Å². The molecule has 1 aromatic carbocycles. The Kier molecular flexibility index (Phi) is 3.00. The van der Waals surface area contributed by atoms with Gasteiger partial charge in [-0.05, 0) is 30.4 Å². The number of carboxylic acids is 1. The summed E-state index contributed by atoms with van der Waals surface area (Å²) >= 11 is 0. The Morgan fingerprint density at radius 2 is 2.12 bits per heavy atom. The van der Waals surface area contributed by atoms with Crippen LogP contribution in [-0.4, -0.2) is 17.6 Å². The second-order valence-electron chi connectivity index (χ2n) is 4.45. The van der Waals surface area contributed by atoms with Crippen LogP contribution in [0.4, 0.5) is 14.5 Å². The van der Waals surface area contributed by atoms with E-state index in [2.05, 4.69) is 12.2 Å². The molecule has 17 heavy (non-hydrogen) atoms. The van der Waals surface area contributed by atoms with Crippen molar-refractivity contribution in [3.05, 3.63) is 29.3 Å². The van der Waals surface area contributed by atoms with Crippen LogP contribution in [-0.2, 0) is 0 Å². The van der Waals surface area contributed by atoms with Gasteiger partial charge in [-0.25, -0.2) is 13.6 Å². The van der Waals surface area contributed by atoms with Gasteiger partial charge in [0.2, 0.25) is 0 Å². The van der Waals surface area contributed by atoms with Crippen molar-refractivity contribution in [3.8, 4) is 0 Å². The fourth-order valence-electron chi connectivity index (χ4n) is 1.78. The van der Waals surface area contributed by atoms with Crippen molar-refractivity contribution >= 4 is 11.7 Å². The Bertz CT molecular complexity index is 462. The van der Waals surface area contributed by atoms with Crippen LogP contribution in [0, 0.1) is 23.5 Å². The molecule has 5 heteroatoms. The van der Waals surface area contributed by atoms with E-state index in [1.54, 1.807) is 0 Å². The molecule has 3 nitrogen and oxygen atoms in total. The zero-order chi connectivity index (χ0) is 12.6. The van der Waals surface area contributed by atoms with E-state index < -0.39 is 23.2 Å². The minimum Gasteiger partial charge on any atom is -0.478 e. The molecule has 0 heterocycles. The van der Waals surface area contributed by atoms with Crippen molar-refractivity contribution in [3.63, 3.8) is 0 Å². The molecule has 0 amide bonds. The number of halogens is 2. The van der Waals surface area contributed by atoms with Gasteiger partial charge in [-0.2, -0.15) is 0 Å². The van der Waals surface area contributed by atoms with Crippen molar-refractivity contribution < 1.29 is 18.7 Å². The molecule has 0 aliphatic heterocycles. The highest BCUT2D eigenvalue weighted by Crippen LogP contribution is 2.37. The Morgan fingerprint density at radius 3 is 2.65 bits per heavy atom. The summed E-state index contributed by atoms with van der Waals surface area (Å²) in [6.07, 6.45) is 1.09. The molecule has 92 valence electrons. The average molecular weight is 241 g/mol. The molecule has 1 aliphatic rings. The fraction of sp³-hybridized carbons (Fsp3) is 0.417. The van der Waals surface area contributed by atoms with E-state index in [1.165, 1.54) is 6.07 Å². The zero-order valence-electron chi connectivity index (χ0n) is 9.34. The number of carbonyl (C=O) groups is 1. The van der Waals surface area contributed by atoms with Crippen molar-refractivity contribution in [2.75, 3.05) is 11.9 Å². The number of rotatable bonds is 4. The van der Waals surface area contributed by atoms with Gasteiger partial charge in [0.15, 0.2) is 11.6 Å². The first-order valence-corrected chi connectivity index (χ1v) is 5.46. The first-order chi connectivity index (χ1) is 8.00. The number of aromatic carboxylic acids is 1. The van der Waals surface area contributed by atoms with Gasteiger partial charge in [0.25, 0.3) is 0 Å². The van der Waals surface area contributed by atoms with Gasteiger partial charge in [0.05, 0.1) is 11.3 Å². The third-order valence-electron chi connectivity index (χ3n) is 3.14. The van der Waals surface area contributed by atoms with Gasteiger partial charge in [0.1, 0.15) is 0 Å². The summed E-state index contributed by atoms with van der Waals surface area (Å²) in [5.74, 6) is -2.79. The second-order valence-corrected chi connectivity index (χ2v) is 4.45. The molecular weight excluding hydrogens is 228 g/mol. The lowest BCUT2D eigenvalue weighted by Gasteiger charge is -2.08. The SMILES string of the molecule is CC1CC1CNc1ccc(C(=O)O)c(F)c1F. The molecule has 0 saturated heterocycles. The van der Waals surface area contributed by atoms with Crippen LogP contribution < -0.4 is 5.32 Å². The van der Waals surface area contributed by atoms with Crippen LogP contribution in [0.25, 0.3) is 0 Å². The Balaban J connectivity index is 2.13. The molecule has 0 aromatic heterocycles. The van der Waals surface area contributed by atoms with Crippen LogP contribution in [0.15, 0.2) is 12.1 Å². The Hall–Kier alpha value is -1.65. The summed E-state index contributed by atoms with van der Waals surface area (Å²) in [6, 6.07) is 2.33. The highest BCUT2D eigenvalue weighted by Gasteiger charge is 2.32. The third kappa shape index (κ3) is 2.38. The number of benzene rings is 1. The molecule has 0 bridgehead atoms. The van der Waals surface area contributed by atoms with E-state index in [0.29, 0.717) is 18.4 Å². The van der Waals surface area contributed by atoms with Crippen LogP contribution in [0.3, 0.4) is 0 Å². The summed E-state index contributed by atoms with van der Waals surface area (Å²) < 4.78 is 26.8. The quantitative estimate of drug-likeness (QED) is 0.852. The van der Waals surface area contributed by atoms with Crippen LogP contribution in [0.2, 0.25) is 0 Å². The van der Waals surface area contributed by atoms with Gasteiger partial charge in [-0.3, -0.25) is 0 Å². The van der Waals surface area contributed by atoms with Crippen LogP contribution >= 0.6 is 0 Å². The van der Waals surface area contributed by atoms with Crippen molar-refractivity contribution in [1.29, 1.82) is 0 Å². The first kappa shape index (κ1) is 11.8. The van der Waals surface area contributed by atoms with Gasteiger partial charge in [0, 0.05) is 6.54 Å². The lowest BCUT2D eigenvalue weighted by atomic mass is 10.1. The molecule has 2 N–H and O–H groups in total. The zero-order valence-corrected chi connectivity index (χ0v) is 9.34. The van der Waals surface area contributed by atoms with Crippen molar-refractivity contribution in [2.24, 2.45) is 11.8 Å². The number of hydrogen-bond donors (Lipinski definition) is 2. The molecule has 0 spiro atoms. The number of hydrogen-bond acceptors (Lipinski definition) is 2. The molecule has 1 aliphatic carbocycles. The Morgan fingerprint density at radius 1 is 1.47 bits per heavy atom. The minimum atomic E-state index is -1.47. The lowest BCUT2D eigenvalue weighted by Crippen LogP contribution is -2.09. The van der Waals surface area contributed by atoms with Gasteiger partial charge >= 0.3 is 5.97 Å². The maximum Gasteiger partial charge on any atom is 0.338 e. The fourth-order valence-corrected chi connectivity index (χ4v) is 1.78. The van der Waals surface area contributed by atoms with E-state index in [4.69, 9.17) is 5.11 Å². The van der Waals surface area contributed by atoms with Crippen LogP contribution in [0.1, 0.15) is 23.7 Å². The second kappa shape index (κ2) is 4.31. The van der Waals surface area contributed by atoms with E-state index >= 15 is 0 Å². The maximum absolute atomic E-state index is 13.5. The van der Waals surface area contributed by atoms with E-state index in [-0.39, 0.29) is 5.69 Å². The molecule has 0 radical (unpaired) electrons. The average Bonchev–Trinajstić information content (AvgIpc) is 2.96. The van der Waals surface area contributed by atoms with Gasteiger partial charge < -0.3 is 10.4 Å². The summed E-state index contributed by atoms with van der Waals surface area (Å²) in [5.41, 5.74) is -0.626. The van der Waals surface area contributed by atoms with Crippen LogP contribution in [0.5, 0.6) is 0 Å². The largest absolute Gasteiger partial charge is 0.478 e. The molecule has 2 atom stereocenters.